The van der Waals surface area contributed by atoms with Gasteiger partial charge < -0.3 is 31.7 Å². The number of likely N-dealkylation sites (N-methyl/N-ethyl adjacent to an activating group) is 1. The first-order chi connectivity index (χ1) is 11.1. The standard InChI is InChI=1S/C15H20ClN3O5/c1-6(2)10(14(17)23)19-15(24)11(18-3)12(21)7-4-8(16)13(22)9(20)5-7/h4-5,10-12,18,20-22H,1H2,2-3H3,(H2,17,23)(H,19,24)/t10-,11-,12-/m0/s1. The Balaban J connectivity index is 3.05. The van der Waals surface area contributed by atoms with Crippen molar-refractivity contribution in [3.63, 3.8) is 0 Å². The summed E-state index contributed by atoms with van der Waals surface area (Å²) < 4.78 is 0. The summed E-state index contributed by atoms with van der Waals surface area (Å²) in [5.41, 5.74) is 5.63. The molecule has 0 aliphatic rings. The molecule has 8 nitrogen and oxygen atoms in total. The molecule has 0 fully saturated rings. The summed E-state index contributed by atoms with van der Waals surface area (Å²) in [6, 6.07) is 0.0281. The van der Waals surface area contributed by atoms with Gasteiger partial charge in [0.25, 0.3) is 0 Å². The summed E-state index contributed by atoms with van der Waals surface area (Å²) in [5.74, 6) is -2.57. The number of phenols is 2. The molecule has 9 heteroatoms. The highest BCUT2D eigenvalue weighted by molar-refractivity contribution is 6.32. The second-order valence-electron chi connectivity index (χ2n) is 5.27. The van der Waals surface area contributed by atoms with Gasteiger partial charge in [0.15, 0.2) is 11.5 Å². The summed E-state index contributed by atoms with van der Waals surface area (Å²) in [4.78, 5) is 23.7. The molecular formula is C15H20ClN3O5. The Morgan fingerprint density at radius 3 is 2.33 bits per heavy atom. The lowest BCUT2D eigenvalue weighted by Gasteiger charge is -2.25. The number of primary amides is 1. The lowest BCUT2D eigenvalue weighted by atomic mass is 10.00. The molecule has 0 saturated heterocycles. The van der Waals surface area contributed by atoms with Crippen LogP contribution in [0, 0.1) is 0 Å². The Labute approximate surface area is 143 Å². The van der Waals surface area contributed by atoms with Gasteiger partial charge >= 0.3 is 0 Å². The molecule has 3 atom stereocenters. The van der Waals surface area contributed by atoms with Gasteiger partial charge in [0, 0.05) is 0 Å². The van der Waals surface area contributed by atoms with Crippen molar-refractivity contribution in [2.45, 2.75) is 25.1 Å². The first-order valence-corrected chi connectivity index (χ1v) is 7.29. The van der Waals surface area contributed by atoms with Crippen LogP contribution < -0.4 is 16.4 Å². The van der Waals surface area contributed by atoms with Gasteiger partial charge in [0.2, 0.25) is 11.8 Å². The van der Waals surface area contributed by atoms with Gasteiger partial charge in [-0.15, -0.1) is 0 Å². The van der Waals surface area contributed by atoms with Crippen LogP contribution in [-0.4, -0.2) is 46.3 Å². The van der Waals surface area contributed by atoms with Crippen LogP contribution in [0.1, 0.15) is 18.6 Å². The number of rotatable bonds is 7. The maximum absolute atomic E-state index is 12.3. The molecule has 1 rings (SSSR count). The average molecular weight is 358 g/mol. The number of carbonyl (C=O) groups is 2. The first kappa shape index (κ1) is 19.8. The lowest BCUT2D eigenvalue weighted by Crippen LogP contribution is -2.53. The van der Waals surface area contributed by atoms with Crippen molar-refractivity contribution in [1.82, 2.24) is 10.6 Å². The first-order valence-electron chi connectivity index (χ1n) is 6.91. The zero-order valence-corrected chi connectivity index (χ0v) is 14.0. The Morgan fingerprint density at radius 1 is 1.33 bits per heavy atom. The third-order valence-electron chi connectivity index (χ3n) is 3.38. The minimum atomic E-state index is -1.42. The van der Waals surface area contributed by atoms with E-state index < -0.39 is 41.5 Å². The van der Waals surface area contributed by atoms with Gasteiger partial charge in [0.1, 0.15) is 18.2 Å². The van der Waals surface area contributed by atoms with Gasteiger partial charge in [-0.1, -0.05) is 18.2 Å². The number of hydrogen-bond donors (Lipinski definition) is 6. The lowest BCUT2D eigenvalue weighted by molar-refractivity contribution is -0.129. The third-order valence-corrected chi connectivity index (χ3v) is 3.67. The van der Waals surface area contributed by atoms with Crippen molar-refractivity contribution in [2.75, 3.05) is 7.05 Å². The summed E-state index contributed by atoms with van der Waals surface area (Å²) in [6.45, 7) is 5.10. The number of hydrogen-bond acceptors (Lipinski definition) is 6. The zero-order valence-electron chi connectivity index (χ0n) is 13.2. The van der Waals surface area contributed by atoms with Gasteiger partial charge in [0.05, 0.1) is 5.02 Å². The molecule has 0 aromatic heterocycles. The Kier molecular flexibility index (Phi) is 6.59. The minimum Gasteiger partial charge on any atom is -0.504 e. The zero-order chi connectivity index (χ0) is 18.6. The molecule has 24 heavy (non-hydrogen) atoms. The fourth-order valence-corrected chi connectivity index (χ4v) is 2.29. The van der Waals surface area contributed by atoms with Crippen LogP contribution in [0.3, 0.4) is 0 Å². The maximum Gasteiger partial charge on any atom is 0.244 e. The topological polar surface area (TPSA) is 145 Å². The van der Waals surface area contributed by atoms with E-state index in [0.29, 0.717) is 5.57 Å². The molecule has 2 amide bonds. The molecule has 0 spiro atoms. The van der Waals surface area contributed by atoms with E-state index in [0.717, 1.165) is 6.07 Å². The molecule has 0 heterocycles. The minimum absolute atomic E-state index is 0.0933. The van der Waals surface area contributed by atoms with Crippen LogP contribution in [0.2, 0.25) is 5.02 Å². The van der Waals surface area contributed by atoms with Gasteiger partial charge in [-0.3, -0.25) is 9.59 Å². The van der Waals surface area contributed by atoms with Crippen molar-refractivity contribution in [3.8, 4) is 11.5 Å². The van der Waals surface area contributed by atoms with Gasteiger partial charge in [-0.2, -0.15) is 0 Å². The number of aliphatic hydroxyl groups is 1. The van der Waals surface area contributed by atoms with Crippen molar-refractivity contribution >= 4 is 23.4 Å². The van der Waals surface area contributed by atoms with Crippen LogP contribution in [0.25, 0.3) is 0 Å². The van der Waals surface area contributed by atoms with E-state index >= 15 is 0 Å². The van der Waals surface area contributed by atoms with E-state index in [1.54, 1.807) is 0 Å². The van der Waals surface area contributed by atoms with E-state index in [1.165, 1.54) is 20.0 Å². The Hall–Kier alpha value is -2.29. The molecule has 0 aliphatic heterocycles. The number of carbonyl (C=O) groups excluding carboxylic acids is 2. The number of phenolic OH excluding ortho intramolecular Hbond substituents is 2. The smallest absolute Gasteiger partial charge is 0.244 e. The largest absolute Gasteiger partial charge is 0.504 e. The Bertz CT molecular complexity index is 628. The van der Waals surface area contributed by atoms with Crippen molar-refractivity contribution < 1.29 is 24.9 Å². The number of aromatic hydroxyl groups is 2. The number of benzene rings is 1. The highest BCUT2D eigenvalue weighted by Crippen LogP contribution is 2.36. The van der Waals surface area contributed by atoms with Gasteiger partial charge in [-0.25, -0.2) is 0 Å². The highest BCUT2D eigenvalue weighted by atomic mass is 35.5. The quantitative estimate of drug-likeness (QED) is 0.297. The van der Waals surface area contributed by atoms with Crippen LogP contribution in [0.15, 0.2) is 24.3 Å². The summed E-state index contributed by atoms with van der Waals surface area (Å²) in [7, 11) is 1.43. The van der Waals surface area contributed by atoms with Crippen LogP contribution in [0.4, 0.5) is 0 Å². The monoisotopic (exact) mass is 357 g/mol. The van der Waals surface area contributed by atoms with Crippen LogP contribution >= 0.6 is 11.6 Å². The number of amides is 2. The molecule has 7 N–H and O–H groups in total. The number of halogens is 1. The van der Waals surface area contributed by atoms with E-state index in [1.807, 2.05) is 0 Å². The predicted molar refractivity (Wildman–Crippen MR) is 88.5 cm³/mol. The Morgan fingerprint density at radius 2 is 1.92 bits per heavy atom. The van der Waals surface area contributed by atoms with Crippen molar-refractivity contribution in [2.24, 2.45) is 5.73 Å². The molecule has 0 bridgehead atoms. The van der Waals surface area contributed by atoms with E-state index in [2.05, 4.69) is 17.2 Å². The summed E-state index contributed by atoms with van der Waals surface area (Å²) >= 11 is 5.74. The molecule has 0 radical (unpaired) electrons. The summed E-state index contributed by atoms with van der Waals surface area (Å²) in [5, 5.41) is 34.2. The average Bonchev–Trinajstić information content (AvgIpc) is 2.49. The molecule has 0 unspecified atom stereocenters. The fourth-order valence-electron chi connectivity index (χ4n) is 2.07. The molecule has 0 saturated carbocycles. The number of nitrogens with two attached hydrogens (primary N) is 1. The van der Waals surface area contributed by atoms with Crippen molar-refractivity contribution in [1.29, 1.82) is 0 Å². The molecule has 132 valence electrons. The second-order valence-corrected chi connectivity index (χ2v) is 5.68. The van der Waals surface area contributed by atoms with E-state index in [-0.39, 0.29) is 10.6 Å². The highest BCUT2D eigenvalue weighted by Gasteiger charge is 2.30. The number of aliphatic hydroxyl groups excluding tert-OH is 1. The van der Waals surface area contributed by atoms with Crippen LogP contribution in [-0.2, 0) is 9.59 Å². The maximum atomic E-state index is 12.3. The fraction of sp³-hybridized carbons (Fsp3) is 0.333. The second kappa shape index (κ2) is 8.00. The SMILES string of the molecule is C=C(C)[C@H](NC(=O)[C@@H](NC)[C@@H](O)c1cc(O)c(O)c(Cl)c1)C(N)=O. The normalized spacial score (nSPS) is 14.5. The summed E-state index contributed by atoms with van der Waals surface area (Å²) in [6.07, 6.45) is -1.42. The third kappa shape index (κ3) is 4.38. The van der Waals surface area contributed by atoms with E-state index in [9.17, 15) is 24.9 Å². The van der Waals surface area contributed by atoms with Crippen LogP contribution in [0.5, 0.6) is 11.5 Å². The van der Waals surface area contributed by atoms with Crippen molar-refractivity contribution in [3.05, 3.63) is 34.9 Å². The molecule has 1 aromatic carbocycles. The van der Waals surface area contributed by atoms with Gasteiger partial charge in [-0.05, 0) is 37.2 Å². The molecule has 1 aromatic rings. The molecule has 0 aliphatic carbocycles. The number of nitrogens with one attached hydrogen (secondary N) is 2. The van der Waals surface area contributed by atoms with E-state index in [4.69, 9.17) is 17.3 Å². The predicted octanol–water partition coefficient (Wildman–Crippen LogP) is -0.0812. The molecular weight excluding hydrogens is 338 g/mol.